The molecule has 0 fully saturated rings. The maximum Gasteiger partial charge on any atom is 0.194 e. The molecule has 0 atom stereocenters. The number of hydrogen-bond acceptors (Lipinski definition) is 3. The van der Waals surface area contributed by atoms with Crippen molar-refractivity contribution in [3.8, 4) is 5.75 Å². The molecule has 6 nitrogen and oxygen atoms in total. The number of fused-ring (bicyclic) bond motifs is 1. The highest BCUT2D eigenvalue weighted by atomic mass is 16.5. The van der Waals surface area contributed by atoms with E-state index in [-0.39, 0.29) is 0 Å². The van der Waals surface area contributed by atoms with E-state index in [0.717, 1.165) is 29.6 Å². The molecular formula is C20H25N5O. The van der Waals surface area contributed by atoms with Crippen LogP contribution in [0.2, 0.25) is 0 Å². The molecule has 0 saturated carbocycles. The van der Waals surface area contributed by atoms with E-state index in [1.165, 1.54) is 11.3 Å². The second kappa shape index (κ2) is 7.91. The summed E-state index contributed by atoms with van der Waals surface area (Å²) in [6, 6.07) is 14.2. The van der Waals surface area contributed by atoms with Crippen LogP contribution in [0.25, 0.3) is 5.65 Å². The molecular weight excluding hydrogens is 326 g/mol. The second-order valence-electron chi connectivity index (χ2n) is 6.23. The van der Waals surface area contributed by atoms with Gasteiger partial charge in [0.05, 0.1) is 19.3 Å². The van der Waals surface area contributed by atoms with Gasteiger partial charge >= 0.3 is 0 Å². The third-order valence-electron chi connectivity index (χ3n) is 4.33. The Kier molecular flexibility index (Phi) is 5.41. The van der Waals surface area contributed by atoms with Crippen molar-refractivity contribution in [1.82, 2.24) is 19.6 Å². The summed E-state index contributed by atoms with van der Waals surface area (Å²) in [4.78, 5) is 11.1. The zero-order valence-electron chi connectivity index (χ0n) is 15.7. The molecule has 0 radical (unpaired) electrons. The molecule has 0 aliphatic heterocycles. The van der Waals surface area contributed by atoms with Crippen molar-refractivity contribution < 1.29 is 4.74 Å². The van der Waals surface area contributed by atoms with Crippen LogP contribution >= 0.6 is 0 Å². The first-order chi connectivity index (χ1) is 12.6. The van der Waals surface area contributed by atoms with Crippen molar-refractivity contribution in [2.75, 3.05) is 21.2 Å². The minimum absolute atomic E-state index is 0.626. The summed E-state index contributed by atoms with van der Waals surface area (Å²) >= 11 is 0. The number of methoxy groups -OCH3 is 1. The Morgan fingerprint density at radius 2 is 2.00 bits per heavy atom. The fourth-order valence-corrected chi connectivity index (χ4v) is 2.92. The summed E-state index contributed by atoms with van der Waals surface area (Å²) in [6.07, 6.45) is 2.06. The van der Waals surface area contributed by atoms with Gasteiger partial charge in [0.15, 0.2) is 5.96 Å². The first kappa shape index (κ1) is 17.8. The van der Waals surface area contributed by atoms with Gasteiger partial charge in [-0.2, -0.15) is 0 Å². The van der Waals surface area contributed by atoms with Crippen molar-refractivity contribution in [1.29, 1.82) is 0 Å². The van der Waals surface area contributed by atoms with E-state index in [4.69, 9.17) is 4.74 Å². The van der Waals surface area contributed by atoms with Crippen LogP contribution in [0.15, 0.2) is 53.7 Å². The maximum atomic E-state index is 5.21. The van der Waals surface area contributed by atoms with E-state index in [2.05, 4.69) is 55.9 Å². The van der Waals surface area contributed by atoms with Crippen LogP contribution in [0.5, 0.6) is 5.75 Å². The lowest BCUT2D eigenvalue weighted by atomic mass is 10.2. The molecule has 2 heterocycles. The van der Waals surface area contributed by atoms with Crippen molar-refractivity contribution in [2.24, 2.45) is 4.99 Å². The molecule has 0 unspecified atom stereocenters. The predicted molar refractivity (Wildman–Crippen MR) is 105 cm³/mol. The molecule has 0 aliphatic rings. The molecule has 0 amide bonds. The number of nitrogens with one attached hydrogen (secondary N) is 1. The second-order valence-corrected chi connectivity index (χ2v) is 6.23. The van der Waals surface area contributed by atoms with E-state index >= 15 is 0 Å². The third kappa shape index (κ3) is 3.96. The number of rotatable bonds is 5. The quantitative estimate of drug-likeness (QED) is 0.567. The monoisotopic (exact) mass is 351 g/mol. The number of nitrogens with zero attached hydrogens (tertiary/aromatic N) is 4. The number of guanidine groups is 1. The van der Waals surface area contributed by atoms with Gasteiger partial charge in [0.25, 0.3) is 0 Å². The van der Waals surface area contributed by atoms with Crippen LogP contribution in [-0.4, -0.2) is 41.4 Å². The number of aryl methyl sites for hydroxylation is 1. The average Bonchev–Trinajstić information content (AvgIpc) is 3.07. The average molecular weight is 351 g/mol. The van der Waals surface area contributed by atoms with E-state index in [9.17, 15) is 0 Å². The molecule has 0 saturated heterocycles. The molecule has 3 rings (SSSR count). The predicted octanol–water partition coefficient (Wildman–Crippen LogP) is 2.86. The van der Waals surface area contributed by atoms with Crippen LogP contribution in [0.3, 0.4) is 0 Å². The van der Waals surface area contributed by atoms with Gasteiger partial charge in [0.2, 0.25) is 0 Å². The fourth-order valence-electron chi connectivity index (χ4n) is 2.92. The van der Waals surface area contributed by atoms with Crippen LogP contribution in [-0.2, 0) is 13.1 Å². The summed E-state index contributed by atoms with van der Waals surface area (Å²) in [5, 5.41) is 3.38. The smallest absolute Gasteiger partial charge is 0.194 e. The van der Waals surface area contributed by atoms with Gasteiger partial charge in [-0.3, -0.25) is 4.99 Å². The van der Waals surface area contributed by atoms with Crippen molar-refractivity contribution >= 4 is 11.6 Å². The Hall–Kier alpha value is -3.02. The molecule has 6 heteroatoms. The highest BCUT2D eigenvalue weighted by Gasteiger charge is 2.09. The molecule has 0 spiro atoms. The van der Waals surface area contributed by atoms with E-state index in [0.29, 0.717) is 6.54 Å². The zero-order chi connectivity index (χ0) is 18.5. The molecule has 2 aromatic heterocycles. The zero-order valence-corrected chi connectivity index (χ0v) is 15.7. The number of aromatic nitrogens is 2. The first-order valence-electron chi connectivity index (χ1n) is 8.59. The van der Waals surface area contributed by atoms with E-state index < -0.39 is 0 Å². The molecule has 3 aromatic rings. The first-order valence-corrected chi connectivity index (χ1v) is 8.59. The minimum atomic E-state index is 0.626. The normalized spacial score (nSPS) is 11.6. The largest absolute Gasteiger partial charge is 0.497 e. The van der Waals surface area contributed by atoms with Gasteiger partial charge < -0.3 is 19.4 Å². The van der Waals surface area contributed by atoms with Gasteiger partial charge in [-0.05, 0) is 36.8 Å². The van der Waals surface area contributed by atoms with Crippen molar-refractivity contribution in [3.05, 3.63) is 65.6 Å². The van der Waals surface area contributed by atoms with Gasteiger partial charge in [0.1, 0.15) is 11.4 Å². The molecule has 26 heavy (non-hydrogen) atoms. The number of pyridine rings is 1. The van der Waals surface area contributed by atoms with E-state index in [1.54, 1.807) is 14.2 Å². The standard InChI is InChI=1S/C20H25N5O/c1-15-6-5-7-19-23-17(14-25(15)19)12-22-20(21-2)24(3)13-16-8-10-18(26-4)11-9-16/h5-11,14H,12-13H2,1-4H3,(H,21,22). The van der Waals surface area contributed by atoms with Gasteiger partial charge in [-0.25, -0.2) is 4.98 Å². The number of aliphatic imine (C=N–C) groups is 1. The Balaban J connectivity index is 1.63. The maximum absolute atomic E-state index is 5.21. The third-order valence-corrected chi connectivity index (χ3v) is 4.33. The molecule has 0 bridgehead atoms. The van der Waals surface area contributed by atoms with Crippen molar-refractivity contribution in [2.45, 2.75) is 20.0 Å². The Morgan fingerprint density at radius 1 is 1.23 bits per heavy atom. The summed E-state index contributed by atoms with van der Waals surface area (Å²) in [5.41, 5.74) is 4.31. The molecule has 136 valence electrons. The minimum Gasteiger partial charge on any atom is -0.497 e. The Morgan fingerprint density at radius 3 is 2.65 bits per heavy atom. The Bertz CT molecular complexity index is 898. The van der Waals surface area contributed by atoms with Gasteiger partial charge in [0, 0.05) is 32.5 Å². The van der Waals surface area contributed by atoms with Crippen LogP contribution in [0.1, 0.15) is 17.0 Å². The Labute approximate surface area is 154 Å². The number of ether oxygens (including phenoxy) is 1. The van der Waals surface area contributed by atoms with Gasteiger partial charge in [-0.15, -0.1) is 0 Å². The van der Waals surface area contributed by atoms with Gasteiger partial charge in [-0.1, -0.05) is 18.2 Å². The molecule has 0 aliphatic carbocycles. The SMILES string of the molecule is CN=C(NCc1cn2c(C)cccc2n1)N(C)Cc1ccc(OC)cc1. The summed E-state index contributed by atoms with van der Waals surface area (Å²) in [7, 11) is 5.49. The molecule has 1 aromatic carbocycles. The van der Waals surface area contributed by atoms with Crippen molar-refractivity contribution in [3.63, 3.8) is 0 Å². The topological polar surface area (TPSA) is 54.2 Å². The lowest BCUT2D eigenvalue weighted by Crippen LogP contribution is -2.38. The molecule has 1 N–H and O–H groups in total. The summed E-state index contributed by atoms with van der Waals surface area (Å²) in [5.74, 6) is 1.69. The fraction of sp³-hybridized carbons (Fsp3) is 0.300. The van der Waals surface area contributed by atoms with Crippen LogP contribution in [0.4, 0.5) is 0 Å². The number of hydrogen-bond donors (Lipinski definition) is 1. The number of imidazole rings is 1. The highest BCUT2D eigenvalue weighted by molar-refractivity contribution is 5.79. The summed E-state index contributed by atoms with van der Waals surface area (Å²) < 4.78 is 7.30. The lowest BCUT2D eigenvalue weighted by molar-refractivity contribution is 0.414. The number of benzene rings is 1. The summed E-state index contributed by atoms with van der Waals surface area (Å²) in [6.45, 7) is 3.46. The lowest BCUT2D eigenvalue weighted by Gasteiger charge is -2.22. The highest BCUT2D eigenvalue weighted by Crippen LogP contribution is 2.13. The van der Waals surface area contributed by atoms with Crippen LogP contribution in [0, 0.1) is 6.92 Å². The van der Waals surface area contributed by atoms with Crippen LogP contribution < -0.4 is 10.1 Å². The van der Waals surface area contributed by atoms with E-state index in [1.807, 2.05) is 31.3 Å².